The van der Waals surface area contributed by atoms with E-state index < -0.39 is 17.6 Å². The quantitative estimate of drug-likeness (QED) is 0.662. The number of hydrogen-bond acceptors (Lipinski definition) is 4. The number of rotatable bonds is 4. The summed E-state index contributed by atoms with van der Waals surface area (Å²) in [5.41, 5.74) is -0.734. The van der Waals surface area contributed by atoms with Gasteiger partial charge in [-0.15, -0.1) is 0 Å². The molecule has 0 fully saturated rings. The lowest BCUT2D eigenvalue weighted by Gasteiger charge is -2.11. The van der Waals surface area contributed by atoms with Crippen molar-refractivity contribution in [2.45, 2.75) is 6.18 Å². The topological polar surface area (TPSA) is 64.1 Å². The van der Waals surface area contributed by atoms with E-state index in [-0.39, 0.29) is 22.3 Å². The van der Waals surface area contributed by atoms with Gasteiger partial charge in [-0.1, -0.05) is 17.7 Å². The predicted molar refractivity (Wildman–Crippen MR) is 93.0 cm³/mol. The number of amides is 1. The first-order valence-electron chi connectivity index (χ1n) is 7.56. The van der Waals surface area contributed by atoms with Gasteiger partial charge in [0.1, 0.15) is 5.75 Å². The van der Waals surface area contributed by atoms with Gasteiger partial charge in [-0.05, 0) is 42.5 Å². The molecule has 5 nitrogen and oxygen atoms in total. The molecule has 138 valence electrons. The average molecular weight is 394 g/mol. The number of nitrogens with one attached hydrogen (secondary N) is 1. The first-order chi connectivity index (χ1) is 12.8. The molecule has 1 heterocycles. The standard InChI is InChI=1S/C18H11ClF3N3O2/c19-14-10-13(5-6-15(14)27-17-23-7-2-8-24-17)25-16(26)11-3-1-4-12(9-11)18(20,21)22/h1-10H,(H,25,26). The normalized spacial score (nSPS) is 11.1. The Morgan fingerprint density at radius 1 is 1.04 bits per heavy atom. The summed E-state index contributed by atoms with van der Waals surface area (Å²) in [4.78, 5) is 20.0. The molecule has 0 aliphatic carbocycles. The molecule has 0 saturated heterocycles. The van der Waals surface area contributed by atoms with Crippen molar-refractivity contribution in [3.8, 4) is 11.8 Å². The molecule has 0 bridgehead atoms. The van der Waals surface area contributed by atoms with E-state index in [2.05, 4.69) is 15.3 Å². The number of carbonyl (C=O) groups is 1. The monoisotopic (exact) mass is 393 g/mol. The van der Waals surface area contributed by atoms with Crippen LogP contribution in [0.3, 0.4) is 0 Å². The van der Waals surface area contributed by atoms with Crippen molar-refractivity contribution in [3.05, 3.63) is 77.1 Å². The molecule has 1 aromatic heterocycles. The Morgan fingerprint density at radius 3 is 2.44 bits per heavy atom. The Bertz CT molecular complexity index is 966. The lowest BCUT2D eigenvalue weighted by atomic mass is 10.1. The molecule has 3 rings (SSSR count). The third-order valence-electron chi connectivity index (χ3n) is 3.39. The van der Waals surface area contributed by atoms with Gasteiger partial charge in [0.15, 0.2) is 0 Å². The Kier molecular flexibility index (Phi) is 5.27. The summed E-state index contributed by atoms with van der Waals surface area (Å²) >= 11 is 6.11. The van der Waals surface area contributed by atoms with Gasteiger partial charge in [-0.25, -0.2) is 9.97 Å². The highest BCUT2D eigenvalue weighted by Crippen LogP contribution is 2.31. The molecule has 9 heteroatoms. The van der Waals surface area contributed by atoms with Crippen molar-refractivity contribution in [1.29, 1.82) is 0 Å². The van der Waals surface area contributed by atoms with Gasteiger partial charge in [-0.3, -0.25) is 4.79 Å². The van der Waals surface area contributed by atoms with Crippen LogP contribution in [0.25, 0.3) is 0 Å². The highest BCUT2D eigenvalue weighted by molar-refractivity contribution is 6.32. The van der Waals surface area contributed by atoms with Crippen LogP contribution in [0.4, 0.5) is 18.9 Å². The van der Waals surface area contributed by atoms with Crippen LogP contribution in [0.1, 0.15) is 15.9 Å². The SMILES string of the molecule is O=C(Nc1ccc(Oc2ncccn2)c(Cl)c1)c1cccc(C(F)(F)F)c1. The number of aromatic nitrogens is 2. The molecule has 0 saturated carbocycles. The van der Waals surface area contributed by atoms with Crippen LogP contribution in [0.2, 0.25) is 5.02 Å². The maximum absolute atomic E-state index is 12.8. The number of nitrogens with zero attached hydrogens (tertiary/aromatic N) is 2. The minimum atomic E-state index is -4.53. The van der Waals surface area contributed by atoms with E-state index in [4.69, 9.17) is 16.3 Å². The third-order valence-corrected chi connectivity index (χ3v) is 3.68. The molecule has 0 aliphatic rings. The fraction of sp³-hybridized carbons (Fsp3) is 0.0556. The van der Waals surface area contributed by atoms with E-state index in [1.807, 2.05) is 0 Å². The molecule has 3 aromatic rings. The van der Waals surface area contributed by atoms with Gasteiger partial charge >= 0.3 is 12.2 Å². The first kappa shape index (κ1) is 18.7. The van der Waals surface area contributed by atoms with E-state index in [0.29, 0.717) is 5.69 Å². The summed E-state index contributed by atoms with van der Waals surface area (Å²) in [6, 6.07) is 10.2. The predicted octanol–water partition coefficient (Wildman–Crippen LogP) is 5.19. The van der Waals surface area contributed by atoms with Crippen molar-refractivity contribution in [2.24, 2.45) is 0 Å². The van der Waals surface area contributed by atoms with Crippen molar-refractivity contribution in [2.75, 3.05) is 5.32 Å². The van der Waals surface area contributed by atoms with Gasteiger partial charge in [0.05, 0.1) is 10.6 Å². The minimum absolute atomic E-state index is 0.0974. The number of carbonyl (C=O) groups excluding carboxylic acids is 1. The van der Waals surface area contributed by atoms with Crippen LogP contribution < -0.4 is 10.1 Å². The molecular weight excluding hydrogens is 383 g/mol. The maximum atomic E-state index is 12.8. The van der Waals surface area contributed by atoms with E-state index in [0.717, 1.165) is 12.1 Å². The molecule has 0 aliphatic heterocycles. The Hall–Kier alpha value is -3.13. The number of alkyl halides is 3. The summed E-state index contributed by atoms with van der Waals surface area (Å²) < 4.78 is 43.7. The van der Waals surface area contributed by atoms with E-state index >= 15 is 0 Å². The molecular formula is C18H11ClF3N3O2. The van der Waals surface area contributed by atoms with E-state index in [1.165, 1.54) is 42.7 Å². The number of anilines is 1. The highest BCUT2D eigenvalue weighted by atomic mass is 35.5. The summed E-state index contributed by atoms with van der Waals surface area (Å²) in [6.45, 7) is 0. The van der Waals surface area contributed by atoms with Crippen molar-refractivity contribution >= 4 is 23.2 Å². The third kappa shape index (κ3) is 4.73. The number of hydrogen-bond donors (Lipinski definition) is 1. The molecule has 0 unspecified atom stereocenters. The van der Waals surface area contributed by atoms with E-state index in [9.17, 15) is 18.0 Å². The lowest BCUT2D eigenvalue weighted by molar-refractivity contribution is -0.137. The van der Waals surface area contributed by atoms with Crippen LogP contribution in [0.5, 0.6) is 11.8 Å². The summed E-state index contributed by atoms with van der Waals surface area (Å²) in [6.07, 6.45) is -1.53. The second kappa shape index (κ2) is 7.63. The smallest absolute Gasteiger partial charge is 0.416 e. The maximum Gasteiger partial charge on any atom is 0.416 e. The molecule has 1 amide bonds. The van der Waals surface area contributed by atoms with Crippen LogP contribution in [0.15, 0.2) is 60.9 Å². The molecule has 0 spiro atoms. The van der Waals surface area contributed by atoms with Crippen LogP contribution in [-0.4, -0.2) is 15.9 Å². The highest BCUT2D eigenvalue weighted by Gasteiger charge is 2.30. The Balaban J connectivity index is 1.74. The number of benzene rings is 2. The summed E-state index contributed by atoms with van der Waals surface area (Å²) in [7, 11) is 0. The summed E-state index contributed by atoms with van der Waals surface area (Å²) in [5.74, 6) is -0.433. The van der Waals surface area contributed by atoms with Crippen LogP contribution >= 0.6 is 11.6 Å². The zero-order valence-electron chi connectivity index (χ0n) is 13.5. The van der Waals surface area contributed by atoms with Crippen molar-refractivity contribution in [1.82, 2.24) is 9.97 Å². The van der Waals surface area contributed by atoms with Crippen LogP contribution in [0, 0.1) is 0 Å². The Morgan fingerprint density at radius 2 is 1.78 bits per heavy atom. The summed E-state index contributed by atoms with van der Waals surface area (Å²) in [5, 5.41) is 2.66. The number of ether oxygens (including phenoxy) is 1. The molecule has 1 N–H and O–H groups in total. The van der Waals surface area contributed by atoms with Gasteiger partial charge < -0.3 is 10.1 Å². The minimum Gasteiger partial charge on any atom is -0.423 e. The zero-order valence-corrected chi connectivity index (χ0v) is 14.3. The molecule has 0 atom stereocenters. The van der Waals surface area contributed by atoms with Crippen LogP contribution in [-0.2, 0) is 6.18 Å². The van der Waals surface area contributed by atoms with Gasteiger partial charge in [0, 0.05) is 23.6 Å². The fourth-order valence-corrected chi connectivity index (χ4v) is 2.36. The fourth-order valence-electron chi connectivity index (χ4n) is 2.14. The number of halogens is 4. The first-order valence-corrected chi connectivity index (χ1v) is 7.94. The average Bonchev–Trinajstić information content (AvgIpc) is 2.64. The largest absolute Gasteiger partial charge is 0.423 e. The van der Waals surface area contributed by atoms with Gasteiger partial charge in [-0.2, -0.15) is 13.2 Å². The second-order valence-electron chi connectivity index (χ2n) is 5.31. The van der Waals surface area contributed by atoms with E-state index in [1.54, 1.807) is 6.07 Å². The molecule has 0 radical (unpaired) electrons. The lowest BCUT2D eigenvalue weighted by Crippen LogP contribution is -2.14. The second-order valence-corrected chi connectivity index (χ2v) is 5.72. The zero-order chi connectivity index (χ0) is 19.4. The van der Waals surface area contributed by atoms with Crippen molar-refractivity contribution in [3.63, 3.8) is 0 Å². The molecule has 2 aromatic carbocycles. The van der Waals surface area contributed by atoms with Crippen molar-refractivity contribution < 1.29 is 22.7 Å². The van der Waals surface area contributed by atoms with Gasteiger partial charge in [0.25, 0.3) is 5.91 Å². The Labute approximate surface area is 156 Å². The molecule has 27 heavy (non-hydrogen) atoms. The van der Waals surface area contributed by atoms with Gasteiger partial charge in [0.2, 0.25) is 0 Å².